The van der Waals surface area contributed by atoms with Crippen LogP contribution in [0.3, 0.4) is 0 Å². The Morgan fingerprint density at radius 2 is 1.53 bits per heavy atom. The number of hydrogen-bond acceptors (Lipinski definition) is 3. The van der Waals surface area contributed by atoms with Crippen molar-refractivity contribution in [3.63, 3.8) is 0 Å². The lowest BCUT2D eigenvalue weighted by molar-refractivity contribution is -0.147. The van der Waals surface area contributed by atoms with Gasteiger partial charge in [-0.3, -0.25) is 4.79 Å². The van der Waals surface area contributed by atoms with Gasteiger partial charge in [-0.1, -0.05) is 88.6 Å². The quantitative estimate of drug-likeness (QED) is 0.112. The molecule has 36 heavy (non-hydrogen) atoms. The number of unbranched alkanes of at least 4 members (excludes halogenated alkanes) is 11. The third-order valence-corrected chi connectivity index (χ3v) is 6.58. The lowest BCUT2D eigenvalue weighted by Gasteiger charge is -2.17. The number of hydrogen-bond donors (Lipinski definition) is 2. The Hall–Kier alpha value is -2.56. The standard InChI is InChI=1S/C31H48N2O3/c1-3-5-6-7-8-9-10-11-12-13-14-15-16-17-18-23-30(34)33-29(31(35)36-4-2)25-27-24-26-21-19-20-22-28(26)32-27/h11-12,19-22,24,29,32H,3-10,13-18,23,25H2,1-2H3,(H,33,34)/b12-11-/t29-/m0/s1. The highest BCUT2D eigenvalue weighted by Gasteiger charge is 2.23. The van der Waals surface area contributed by atoms with Gasteiger partial charge in [0.1, 0.15) is 6.04 Å². The van der Waals surface area contributed by atoms with Crippen LogP contribution in [-0.2, 0) is 20.7 Å². The van der Waals surface area contributed by atoms with Gasteiger partial charge >= 0.3 is 5.97 Å². The lowest BCUT2D eigenvalue weighted by Crippen LogP contribution is -2.43. The maximum absolute atomic E-state index is 12.5. The number of carbonyl (C=O) groups excluding carboxylic acids is 2. The number of ether oxygens (including phenoxy) is 1. The third-order valence-electron chi connectivity index (χ3n) is 6.58. The molecule has 0 saturated carbocycles. The molecule has 0 spiro atoms. The molecule has 1 aromatic heterocycles. The van der Waals surface area contributed by atoms with E-state index in [2.05, 4.69) is 29.4 Å². The van der Waals surface area contributed by atoms with Crippen molar-refractivity contribution in [2.75, 3.05) is 6.61 Å². The van der Waals surface area contributed by atoms with Crippen molar-refractivity contribution in [3.05, 3.63) is 48.2 Å². The molecule has 0 saturated heterocycles. The van der Waals surface area contributed by atoms with E-state index in [9.17, 15) is 9.59 Å². The Kier molecular flexibility index (Phi) is 15.4. The van der Waals surface area contributed by atoms with Gasteiger partial charge in [-0.25, -0.2) is 4.79 Å². The van der Waals surface area contributed by atoms with Crippen molar-refractivity contribution in [1.82, 2.24) is 10.3 Å². The topological polar surface area (TPSA) is 71.2 Å². The molecule has 5 nitrogen and oxygen atoms in total. The van der Waals surface area contributed by atoms with Gasteiger partial charge in [-0.05, 0) is 56.5 Å². The van der Waals surface area contributed by atoms with E-state index < -0.39 is 6.04 Å². The van der Waals surface area contributed by atoms with Crippen molar-refractivity contribution in [1.29, 1.82) is 0 Å². The van der Waals surface area contributed by atoms with Gasteiger partial charge in [-0.2, -0.15) is 0 Å². The second-order valence-electron chi connectivity index (χ2n) is 9.79. The summed E-state index contributed by atoms with van der Waals surface area (Å²) >= 11 is 0. The summed E-state index contributed by atoms with van der Waals surface area (Å²) < 4.78 is 5.21. The van der Waals surface area contributed by atoms with Crippen LogP contribution >= 0.6 is 0 Å². The smallest absolute Gasteiger partial charge is 0.329 e. The zero-order valence-corrected chi connectivity index (χ0v) is 22.7. The van der Waals surface area contributed by atoms with E-state index in [-0.39, 0.29) is 11.9 Å². The van der Waals surface area contributed by atoms with Gasteiger partial charge < -0.3 is 15.0 Å². The van der Waals surface area contributed by atoms with Crippen molar-refractivity contribution >= 4 is 22.8 Å². The highest BCUT2D eigenvalue weighted by Crippen LogP contribution is 2.16. The average molecular weight is 497 g/mol. The summed E-state index contributed by atoms with van der Waals surface area (Å²) in [5, 5.41) is 3.99. The number of aromatic amines is 1. The van der Waals surface area contributed by atoms with Crippen LogP contribution < -0.4 is 5.32 Å². The number of benzene rings is 1. The second-order valence-corrected chi connectivity index (χ2v) is 9.79. The molecule has 1 amide bonds. The first kappa shape index (κ1) is 29.7. The molecule has 2 aromatic rings. The number of nitrogens with one attached hydrogen (secondary N) is 2. The minimum absolute atomic E-state index is 0.0817. The number of aromatic nitrogens is 1. The normalized spacial score (nSPS) is 12.3. The molecule has 0 aliphatic heterocycles. The molecule has 1 atom stereocenters. The van der Waals surface area contributed by atoms with Crippen molar-refractivity contribution in [3.8, 4) is 0 Å². The largest absolute Gasteiger partial charge is 0.464 e. The second kappa shape index (κ2) is 18.7. The summed E-state index contributed by atoms with van der Waals surface area (Å²) in [6, 6.07) is 9.34. The first-order valence-corrected chi connectivity index (χ1v) is 14.3. The molecule has 2 rings (SSSR count). The number of allylic oxidation sites excluding steroid dienone is 2. The number of fused-ring (bicyclic) bond motifs is 1. The van der Waals surface area contributed by atoms with E-state index in [0.717, 1.165) is 42.3 Å². The van der Waals surface area contributed by atoms with Gasteiger partial charge in [0.25, 0.3) is 0 Å². The molecule has 200 valence electrons. The molecule has 0 aliphatic carbocycles. The lowest BCUT2D eigenvalue weighted by atomic mass is 10.1. The molecule has 0 aliphatic rings. The van der Waals surface area contributed by atoms with Gasteiger partial charge in [0.15, 0.2) is 0 Å². The van der Waals surface area contributed by atoms with Gasteiger partial charge in [0.2, 0.25) is 5.91 Å². The number of H-pyrrole nitrogens is 1. The first-order chi connectivity index (χ1) is 17.6. The van der Waals surface area contributed by atoms with Gasteiger partial charge in [0.05, 0.1) is 6.61 Å². The maximum atomic E-state index is 12.5. The first-order valence-electron chi connectivity index (χ1n) is 14.3. The summed E-state index contributed by atoms with van der Waals surface area (Å²) in [4.78, 5) is 28.3. The minimum Gasteiger partial charge on any atom is -0.464 e. The summed E-state index contributed by atoms with van der Waals surface area (Å²) in [7, 11) is 0. The van der Waals surface area contributed by atoms with Crippen molar-refractivity contribution in [2.24, 2.45) is 0 Å². The average Bonchev–Trinajstić information content (AvgIpc) is 3.28. The van der Waals surface area contributed by atoms with Gasteiger partial charge in [0, 0.05) is 24.1 Å². The fourth-order valence-electron chi connectivity index (χ4n) is 4.52. The Balaban J connectivity index is 1.57. The van der Waals surface area contributed by atoms with Crippen LogP contribution in [0.2, 0.25) is 0 Å². The van der Waals surface area contributed by atoms with Crippen molar-refractivity contribution < 1.29 is 14.3 Å². The Labute approximate surface area is 218 Å². The molecule has 1 heterocycles. The number of esters is 1. The molecular weight excluding hydrogens is 448 g/mol. The number of para-hydroxylation sites is 1. The van der Waals surface area contributed by atoms with E-state index in [0.29, 0.717) is 19.4 Å². The minimum atomic E-state index is -0.673. The Morgan fingerprint density at radius 3 is 2.19 bits per heavy atom. The summed E-state index contributed by atoms with van der Waals surface area (Å²) in [5.74, 6) is -0.462. The van der Waals surface area contributed by atoms with Crippen LogP contribution in [0.5, 0.6) is 0 Å². The van der Waals surface area contributed by atoms with Crippen LogP contribution in [-0.4, -0.2) is 29.5 Å². The Morgan fingerprint density at radius 1 is 0.889 bits per heavy atom. The summed E-state index contributed by atoms with van der Waals surface area (Å²) in [5.41, 5.74) is 1.94. The van der Waals surface area contributed by atoms with Gasteiger partial charge in [-0.15, -0.1) is 0 Å². The van der Waals surface area contributed by atoms with E-state index in [1.54, 1.807) is 6.92 Å². The van der Waals surface area contributed by atoms with Crippen LogP contribution in [0.1, 0.15) is 109 Å². The summed E-state index contributed by atoms with van der Waals surface area (Å²) in [6.45, 7) is 4.34. The number of rotatable bonds is 20. The maximum Gasteiger partial charge on any atom is 0.329 e. The zero-order chi connectivity index (χ0) is 25.8. The van der Waals surface area contributed by atoms with Crippen LogP contribution in [0, 0.1) is 0 Å². The molecule has 1 aromatic carbocycles. The summed E-state index contributed by atoms with van der Waals surface area (Å²) in [6.07, 6.45) is 21.5. The highest BCUT2D eigenvalue weighted by molar-refractivity contribution is 5.85. The molecule has 2 N–H and O–H groups in total. The third kappa shape index (κ3) is 12.4. The molecule has 0 fully saturated rings. The zero-order valence-electron chi connectivity index (χ0n) is 22.7. The number of amides is 1. The molecule has 0 bridgehead atoms. The molecule has 0 unspecified atom stereocenters. The predicted molar refractivity (Wildman–Crippen MR) is 150 cm³/mol. The monoisotopic (exact) mass is 496 g/mol. The molecule has 5 heteroatoms. The highest BCUT2D eigenvalue weighted by atomic mass is 16.5. The fourth-order valence-corrected chi connectivity index (χ4v) is 4.52. The molecule has 0 radical (unpaired) electrons. The van der Waals surface area contributed by atoms with Crippen LogP contribution in [0.25, 0.3) is 10.9 Å². The van der Waals surface area contributed by atoms with Crippen LogP contribution in [0.15, 0.2) is 42.5 Å². The predicted octanol–water partition coefficient (Wildman–Crippen LogP) is 7.80. The van der Waals surface area contributed by atoms with E-state index in [4.69, 9.17) is 4.74 Å². The molecular formula is C31H48N2O3. The van der Waals surface area contributed by atoms with E-state index in [1.807, 2.05) is 30.3 Å². The van der Waals surface area contributed by atoms with E-state index in [1.165, 1.54) is 57.8 Å². The SMILES string of the molecule is CCCCCCCC/C=C\CCCCCCCC(=O)N[C@@H](Cc1cc2ccccc2[nH]1)C(=O)OCC. The van der Waals surface area contributed by atoms with Crippen LogP contribution in [0.4, 0.5) is 0 Å². The number of carbonyl (C=O) groups is 2. The fraction of sp³-hybridized carbons (Fsp3) is 0.613. The Bertz CT molecular complexity index is 869. The van der Waals surface area contributed by atoms with E-state index >= 15 is 0 Å². The van der Waals surface area contributed by atoms with Crippen molar-refractivity contribution in [2.45, 2.75) is 116 Å².